The van der Waals surface area contributed by atoms with Crippen LogP contribution < -0.4 is 20.5 Å². The highest BCUT2D eigenvalue weighted by atomic mass is 35.5. The summed E-state index contributed by atoms with van der Waals surface area (Å²) in [5, 5.41) is 3.96. The molecule has 0 aliphatic carbocycles. The van der Waals surface area contributed by atoms with Crippen LogP contribution in [-0.2, 0) is 0 Å². The molecule has 0 saturated heterocycles. The van der Waals surface area contributed by atoms with Crippen molar-refractivity contribution >= 4 is 11.6 Å². The average molecular weight is 309 g/mol. The molecule has 1 unspecified atom stereocenters. The first-order valence-electron chi connectivity index (χ1n) is 7.18. The Bertz CT molecular complexity index is 537. The van der Waals surface area contributed by atoms with Crippen LogP contribution in [0.3, 0.4) is 0 Å². The first kappa shape index (κ1) is 16.0. The Morgan fingerprint density at radius 3 is 2.95 bits per heavy atom. The zero-order valence-corrected chi connectivity index (χ0v) is 13.0. The maximum Gasteiger partial charge on any atom is 0.179 e. The number of ether oxygens (including phenoxy) is 2. The molecule has 0 amide bonds. The lowest BCUT2D eigenvalue weighted by atomic mass is 10.1. The van der Waals surface area contributed by atoms with Gasteiger partial charge in [-0.15, -0.1) is 11.8 Å². The van der Waals surface area contributed by atoms with E-state index in [1.165, 1.54) is 0 Å². The summed E-state index contributed by atoms with van der Waals surface area (Å²) < 4.78 is 11.3. The smallest absolute Gasteiger partial charge is 0.179 e. The molecule has 114 valence electrons. The quantitative estimate of drug-likeness (QED) is 0.648. The van der Waals surface area contributed by atoms with Gasteiger partial charge in [0.1, 0.15) is 0 Å². The Morgan fingerprint density at radius 2 is 2.19 bits per heavy atom. The Hall–Kier alpha value is -1.41. The summed E-state index contributed by atoms with van der Waals surface area (Å²) in [6.07, 6.45) is 1.65. The molecule has 1 aromatic rings. The second-order valence-corrected chi connectivity index (χ2v) is 5.21. The van der Waals surface area contributed by atoms with E-state index in [0.717, 1.165) is 24.9 Å². The second kappa shape index (κ2) is 8.14. The van der Waals surface area contributed by atoms with E-state index in [4.69, 9.17) is 26.8 Å². The van der Waals surface area contributed by atoms with Crippen LogP contribution in [0.1, 0.15) is 31.4 Å². The number of benzene rings is 1. The van der Waals surface area contributed by atoms with Crippen LogP contribution in [0.2, 0.25) is 5.02 Å². The summed E-state index contributed by atoms with van der Waals surface area (Å²) in [5.74, 6) is 7.23. The van der Waals surface area contributed by atoms with Gasteiger partial charge in [0.15, 0.2) is 11.5 Å². The van der Waals surface area contributed by atoms with Gasteiger partial charge in [-0.05, 0) is 24.6 Å². The molecule has 4 nitrogen and oxygen atoms in total. The molecule has 1 aliphatic rings. The number of nitrogens with one attached hydrogen (secondary N) is 1. The first-order valence-corrected chi connectivity index (χ1v) is 7.56. The van der Waals surface area contributed by atoms with Gasteiger partial charge in [0, 0.05) is 32.0 Å². The van der Waals surface area contributed by atoms with Crippen LogP contribution in [0.5, 0.6) is 11.5 Å². The van der Waals surface area contributed by atoms with Crippen LogP contribution >= 0.6 is 11.6 Å². The molecule has 2 rings (SSSR count). The number of hydrogen-bond donors (Lipinski definition) is 2. The van der Waals surface area contributed by atoms with Gasteiger partial charge >= 0.3 is 0 Å². The summed E-state index contributed by atoms with van der Waals surface area (Å²) in [7, 11) is 0. The van der Waals surface area contributed by atoms with E-state index in [-0.39, 0.29) is 6.04 Å². The molecule has 5 heteroatoms. The Kier molecular flexibility index (Phi) is 6.19. The largest absolute Gasteiger partial charge is 0.489 e. The number of nitrogens with two attached hydrogens (primary N) is 1. The molecule has 1 heterocycles. The maximum absolute atomic E-state index is 6.31. The van der Waals surface area contributed by atoms with E-state index in [2.05, 4.69) is 17.2 Å². The van der Waals surface area contributed by atoms with Gasteiger partial charge in [0.25, 0.3) is 0 Å². The topological polar surface area (TPSA) is 56.5 Å². The van der Waals surface area contributed by atoms with Gasteiger partial charge in [0.2, 0.25) is 0 Å². The third-order valence-electron chi connectivity index (χ3n) is 3.28. The Labute approximate surface area is 130 Å². The van der Waals surface area contributed by atoms with Gasteiger partial charge in [-0.1, -0.05) is 11.6 Å². The first-order chi connectivity index (χ1) is 10.3. The predicted octanol–water partition coefficient (Wildman–Crippen LogP) is 2.50. The van der Waals surface area contributed by atoms with Crippen molar-refractivity contribution in [2.24, 2.45) is 5.73 Å². The van der Waals surface area contributed by atoms with Crippen LogP contribution in [-0.4, -0.2) is 26.3 Å². The third kappa shape index (κ3) is 4.28. The molecule has 0 saturated carbocycles. The molecule has 1 atom stereocenters. The zero-order valence-electron chi connectivity index (χ0n) is 12.2. The van der Waals surface area contributed by atoms with Crippen LogP contribution in [0, 0.1) is 11.8 Å². The van der Waals surface area contributed by atoms with Gasteiger partial charge < -0.3 is 20.5 Å². The molecule has 1 aromatic carbocycles. The molecule has 0 spiro atoms. The Balaban J connectivity index is 2.15. The van der Waals surface area contributed by atoms with E-state index in [0.29, 0.717) is 36.3 Å². The van der Waals surface area contributed by atoms with Gasteiger partial charge in [-0.25, -0.2) is 0 Å². The van der Waals surface area contributed by atoms with E-state index in [1.54, 1.807) is 0 Å². The summed E-state index contributed by atoms with van der Waals surface area (Å²) in [6, 6.07) is 3.88. The normalized spacial score (nSPS) is 14.8. The molecular formula is C16H21ClN2O2. The molecule has 0 fully saturated rings. The van der Waals surface area contributed by atoms with E-state index < -0.39 is 0 Å². The Morgan fingerprint density at radius 1 is 1.38 bits per heavy atom. The van der Waals surface area contributed by atoms with Crippen molar-refractivity contribution < 1.29 is 9.47 Å². The fourth-order valence-corrected chi connectivity index (χ4v) is 2.50. The average Bonchev–Trinajstić information content (AvgIpc) is 2.73. The summed E-state index contributed by atoms with van der Waals surface area (Å²) in [5.41, 5.74) is 6.87. The highest BCUT2D eigenvalue weighted by Gasteiger charge is 2.18. The number of fused-ring (bicyclic) bond motifs is 1. The van der Waals surface area contributed by atoms with Crippen molar-refractivity contribution in [3.05, 3.63) is 22.7 Å². The molecular weight excluding hydrogens is 288 g/mol. The predicted molar refractivity (Wildman–Crippen MR) is 84.9 cm³/mol. The second-order valence-electron chi connectivity index (χ2n) is 4.80. The maximum atomic E-state index is 6.31. The highest BCUT2D eigenvalue weighted by molar-refractivity contribution is 6.32. The van der Waals surface area contributed by atoms with Crippen molar-refractivity contribution in [1.29, 1.82) is 0 Å². The lowest BCUT2D eigenvalue weighted by Gasteiger charge is -2.19. The monoisotopic (exact) mass is 308 g/mol. The fourth-order valence-electron chi connectivity index (χ4n) is 2.22. The van der Waals surface area contributed by atoms with Crippen molar-refractivity contribution in [2.75, 3.05) is 26.3 Å². The van der Waals surface area contributed by atoms with Crippen molar-refractivity contribution in [1.82, 2.24) is 5.32 Å². The zero-order chi connectivity index (χ0) is 15.1. The molecule has 3 N–H and O–H groups in total. The lowest BCUT2D eigenvalue weighted by molar-refractivity contribution is 0.297. The SMILES string of the molecule is CC#CCCNC(CN)c1cc(Cl)c2c(c1)OCCCO2. The standard InChI is InChI=1S/C16H21ClN2O2/c1-2-3-4-6-19-14(11-18)12-9-13(17)16-15(10-12)20-7-5-8-21-16/h9-10,14,19H,4-8,11,18H2,1H3. The van der Waals surface area contributed by atoms with Crippen molar-refractivity contribution in [3.63, 3.8) is 0 Å². The number of halogens is 1. The number of hydrogen-bond acceptors (Lipinski definition) is 4. The lowest BCUT2D eigenvalue weighted by Crippen LogP contribution is -2.29. The van der Waals surface area contributed by atoms with Gasteiger partial charge in [0.05, 0.1) is 18.2 Å². The number of rotatable bonds is 5. The summed E-state index contributed by atoms with van der Waals surface area (Å²) >= 11 is 6.31. The van der Waals surface area contributed by atoms with E-state index >= 15 is 0 Å². The molecule has 0 aromatic heterocycles. The summed E-state index contributed by atoms with van der Waals surface area (Å²) in [6.45, 7) is 4.37. The van der Waals surface area contributed by atoms with E-state index in [9.17, 15) is 0 Å². The van der Waals surface area contributed by atoms with Crippen LogP contribution in [0.4, 0.5) is 0 Å². The molecule has 0 bridgehead atoms. The van der Waals surface area contributed by atoms with Crippen molar-refractivity contribution in [3.8, 4) is 23.3 Å². The minimum atomic E-state index is 0.0262. The molecule has 1 aliphatic heterocycles. The van der Waals surface area contributed by atoms with Gasteiger partial charge in [-0.3, -0.25) is 0 Å². The van der Waals surface area contributed by atoms with E-state index in [1.807, 2.05) is 19.1 Å². The van der Waals surface area contributed by atoms with Crippen molar-refractivity contribution in [2.45, 2.75) is 25.8 Å². The molecule has 21 heavy (non-hydrogen) atoms. The van der Waals surface area contributed by atoms with Crippen LogP contribution in [0.25, 0.3) is 0 Å². The van der Waals surface area contributed by atoms with Gasteiger partial charge in [-0.2, -0.15) is 0 Å². The summed E-state index contributed by atoms with van der Waals surface area (Å²) in [4.78, 5) is 0. The third-order valence-corrected chi connectivity index (χ3v) is 3.56. The van der Waals surface area contributed by atoms with Crippen LogP contribution in [0.15, 0.2) is 12.1 Å². The fraction of sp³-hybridized carbons (Fsp3) is 0.500. The minimum absolute atomic E-state index is 0.0262. The molecule has 0 radical (unpaired) electrons. The minimum Gasteiger partial charge on any atom is -0.489 e. The highest BCUT2D eigenvalue weighted by Crippen LogP contribution is 2.39.